The first-order valence-corrected chi connectivity index (χ1v) is 7.77. The predicted octanol–water partition coefficient (Wildman–Crippen LogP) is 5.40. The summed E-state index contributed by atoms with van der Waals surface area (Å²) in [6.07, 6.45) is 0. The SMILES string of the molecule is Oc1cc(Br)ccc1-c1ccc(OCc2ccccc2)cc1. The quantitative estimate of drug-likeness (QED) is 0.679. The van der Waals surface area contributed by atoms with Gasteiger partial charge >= 0.3 is 0 Å². The van der Waals surface area contributed by atoms with Crippen molar-refractivity contribution in [2.75, 3.05) is 0 Å². The smallest absolute Gasteiger partial charge is 0.124 e. The van der Waals surface area contributed by atoms with Gasteiger partial charge in [-0.1, -0.05) is 58.4 Å². The highest BCUT2D eigenvalue weighted by Crippen LogP contribution is 2.32. The van der Waals surface area contributed by atoms with Crippen LogP contribution >= 0.6 is 15.9 Å². The highest BCUT2D eigenvalue weighted by Gasteiger charge is 2.05. The molecule has 2 nitrogen and oxygen atoms in total. The summed E-state index contributed by atoms with van der Waals surface area (Å²) < 4.78 is 6.62. The monoisotopic (exact) mass is 354 g/mol. The molecule has 0 radical (unpaired) electrons. The van der Waals surface area contributed by atoms with E-state index in [1.54, 1.807) is 6.07 Å². The molecule has 0 unspecified atom stereocenters. The van der Waals surface area contributed by atoms with Gasteiger partial charge in [0, 0.05) is 10.0 Å². The molecule has 1 N–H and O–H groups in total. The number of hydrogen-bond acceptors (Lipinski definition) is 2. The van der Waals surface area contributed by atoms with Gasteiger partial charge in [0.1, 0.15) is 18.1 Å². The molecular formula is C19H15BrO2. The second-order valence-corrected chi connectivity index (χ2v) is 5.88. The first-order valence-electron chi connectivity index (χ1n) is 6.98. The zero-order chi connectivity index (χ0) is 15.4. The third kappa shape index (κ3) is 3.49. The molecule has 3 aromatic carbocycles. The minimum Gasteiger partial charge on any atom is -0.507 e. The lowest BCUT2D eigenvalue weighted by Gasteiger charge is -2.09. The fourth-order valence-corrected chi connectivity index (χ4v) is 2.57. The zero-order valence-electron chi connectivity index (χ0n) is 11.9. The highest BCUT2D eigenvalue weighted by molar-refractivity contribution is 9.10. The van der Waals surface area contributed by atoms with Crippen LogP contribution in [0.4, 0.5) is 0 Å². The summed E-state index contributed by atoms with van der Waals surface area (Å²) in [6.45, 7) is 0.545. The number of halogens is 1. The molecule has 0 amide bonds. The highest BCUT2D eigenvalue weighted by atomic mass is 79.9. The van der Waals surface area contributed by atoms with Gasteiger partial charge in [0.15, 0.2) is 0 Å². The maximum atomic E-state index is 10.0. The summed E-state index contributed by atoms with van der Waals surface area (Å²) in [7, 11) is 0. The van der Waals surface area contributed by atoms with E-state index in [0.717, 1.165) is 26.9 Å². The summed E-state index contributed by atoms with van der Waals surface area (Å²) in [5.41, 5.74) is 2.90. The Morgan fingerprint density at radius 3 is 2.27 bits per heavy atom. The van der Waals surface area contributed by atoms with Crippen molar-refractivity contribution in [3.05, 3.63) is 82.8 Å². The van der Waals surface area contributed by atoms with Gasteiger partial charge in [0.2, 0.25) is 0 Å². The molecule has 0 atom stereocenters. The first-order chi connectivity index (χ1) is 10.7. The second kappa shape index (κ2) is 6.67. The van der Waals surface area contributed by atoms with E-state index in [1.807, 2.05) is 66.7 Å². The fourth-order valence-electron chi connectivity index (χ4n) is 2.22. The number of rotatable bonds is 4. The molecule has 0 saturated carbocycles. The topological polar surface area (TPSA) is 29.5 Å². The summed E-state index contributed by atoms with van der Waals surface area (Å²) in [5, 5.41) is 10.0. The average Bonchev–Trinajstić information content (AvgIpc) is 2.55. The van der Waals surface area contributed by atoms with Crippen LogP contribution in [0.15, 0.2) is 77.3 Å². The van der Waals surface area contributed by atoms with Gasteiger partial charge in [-0.3, -0.25) is 0 Å². The van der Waals surface area contributed by atoms with E-state index >= 15 is 0 Å². The second-order valence-electron chi connectivity index (χ2n) is 4.96. The molecule has 3 rings (SSSR count). The Bertz CT molecular complexity index is 752. The summed E-state index contributed by atoms with van der Waals surface area (Å²) in [5.74, 6) is 1.07. The Hall–Kier alpha value is -2.26. The average molecular weight is 355 g/mol. The Balaban J connectivity index is 1.72. The molecule has 0 aliphatic rings. The number of phenols is 1. The summed E-state index contributed by atoms with van der Waals surface area (Å²) >= 11 is 3.34. The van der Waals surface area contributed by atoms with Gasteiger partial charge < -0.3 is 9.84 Å². The molecule has 0 aromatic heterocycles. The lowest BCUT2D eigenvalue weighted by molar-refractivity contribution is 0.306. The predicted molar refractivity (Wildman–Crippen MR) is 92.0 cm³/mol. The molecule has 110 valence electrons. The van der Waals surface area contributed by atoms with Gasteiger partial charge in [0.05, 0.1) is 0 Å². The summed E-state index contributed by atoms with van der Waals surface area (Å²) in [6, 6.07) is 23.3. The summed E-state index contributed by atoms with van der Waals surface area (Å²) in [4.78, 5) is 0. The Labute approximate surface area is 138 Å². The maximum absolute atomic E-state index is 10.0. The van der Waals surface area contributed by atoms with E-state index in [0.29, 0.717) is 6.61 Å². The molecule has 3 aromatic rings. The number of phenolic OH excluding ortho intramolecular Hbond substituents is 1. The van der Waals surface area contributed by atoms with Crippen LogP contribution in [0.25, 0.3) is 11.1 Å². The molecule has 0 heterocycles. The van der Waals surface area contributed by atoms with Crippen molar-refractivity contribution in [2.45, 2.75) is 6.61 Å². The number of benzene rings is 3. The number of ether oxygens (including phenoxy) is 1. The Kier molecular flexibility index (Phi) is 4.45. The fraction of sp³-hybridized carbons (Fsp3) is 0.0526. The van der Waals surface area contributed by atoms with E-state index in [1.165, 1.54) is 0 Å². The molecule has 22 heavy (non-hydrogen) atoms. The number of aromatic hydroxyl groups is 1. The van der Waals surface area contributed by atoms with E-state index in [2.05, 4.69) is 15.9 Å². The standard InChI is InChI=1S/C19H15BrO2/c20-16-8-11-18(19(21)12-16)15-6-9-17(10-7-15)22-13-14-4-2-1-3-5-14/h1-12,21H,13H2. The molecular weight excluding hydrogens is 340 g/mol. The van der Waals surface area contributed by atoms with Crippen LogP contribution in [-0.4, -0.2) is 5.11 Å². The zero-order valence-corrected chi connectivity index (χ0v) is 13.5. The normalized spacial score (nSPS) is 10.4. The third-order valence-electron chi connectivity index (χ3n) is 3.37. The number of hydrogen-bond donors (Lipinski definition) is 1. The van der Waals surface area contributed by atoms with Gasteiger partial charge in [-0.25, -0.2) is 0 Å². The van der Waals surface area contributed by atoms with Crippen molar-refractivity contribution < 1.29 is 9.84 Å². The third-order valence-corrected chi connectivity index (χ3v) is 3.87. The van der Waals surface area contributed by atoms with Crippen LogP contribution < -0.4 is 4.74 Å². The molecule has 3 heteroatoms. The van der Waals surface area contributed by atoms with Gasteiger partial charge in [-0.2, -0.15) is 0 Å². The molecule has 0 aliphatic carbocycles. The first kappa shape index (κ1) is 14.7. The molecule has 0 saturated heterocycles. The molecule has 0 fully saturated rings. The van der Waals surface area contributed by atoms with Crippen LogP contribution in [0.2, 0.25) is 0 Å². The van der Waals surface area contributed by atoms with E-state index in [-0.39, 0.29) is 5.75 Å². The van der Waals surface area contributed by atoms with Crippen molar-refractivity contribution in [1.82, 2.24) is 0 Å². The van der Waals surface area contributed by atoms with Crippen LogP contribution in [0.5, 0.6) is 11.5 Å². The largest absolute Gasteiger partial charge is 0.507 e. The van der Waals surface area contributed by atoms with Crippen molar-refractivity contribution in [3.63, 3.8) is 0 Å². The van der Waals surface area contributed by atoms with Crippen molar-refractivity contribution >= 4 is 15.9 Å². The van der Waals surface area contributed by atoms with Crippen LogP contribution in [-0.2, 0) is 6.61 Å². The van der Waals surface area contributed by atoms with Crippen molar-refractivity contribution in [3.8, 4) is 22.6 Å². The molecule has 0 bridgehead atoms. The van der Waals surface area contributed by atoms with Gasteiger partial charge in [0.25, 0.3) is 0 Å². The lowest BCUT2D eigenvalue weighted by Crippen LogP contribution is -1.94. The Morgan fingerprint density at radius 1 is 0.864 bits per heavy atom. The van der Waals surface area contributed by atoms with Crippen LogP contribution in [0.3, 0.4) is 0 Å². The maximum Gasteiger partial charge on any atom is 0.124 e. The van der Waals surface area contributed by atoms with E-state index < -0.39 is 0 Å². The molecule has 0 spiro atoms. The lowest BCUT2D eigenvalue weighted by atomic mass is 10.0. The minimum absolute atomic E-state index is 0.257. The van der Waals surface area contributed by atoms with E-state index in [9.17, 15) is 5.11 Å². The minimum atomic E-state index is 0.257. The van der Waals surface area contributed by atoms with Crippen LogP contribution in [0, 0.1) is 0 Å². The van der Waals surface area contributed by atoms with Crippen molar-refractivity contribution in [2.24, 2.45) is 0 Å². The molecule has 0 aliphatic heterocycles. The van der Waals surface area contributed by atoms with Gasteiger partial charge in [-0.15, -0.1) is 0 Å². The van der Waals surface area contributed by atoms with Crippen molar-refractivity contribution in [1.29, 1.82) is 0 Å². The Morgan fingerprint density at radius 2 is 1.59 bits per heavy atom. The van der Waals surface area contributed by atoms with Crippen LogP contribution in [0.1, 0.15) is 5.56 Å². The van der Waals surface area contributed by atoms with E-state index in [4.69, 9.17) is 4.74 Å². The van der Waals surface area contributed by atoms with Gasteiger partial charge in [-0.05, 0) is 41.5 Å².